The molecule has 1 amide bonds. The van der Waals surface area contributed by atoms with E-state index < -0.39 is 0 Å². The summed E-state index contributed by atoms with van der Waals surface area (Å²) in [5, 5.41) is 2.85. The van der Waals surface area contributed by atoms with Gasteiger partial charge in [0, 0.05) is 0 Å². The van der Waals surface area contributed by atoms with Crippen molar-refractivity contribution in [3.05, 3.63) is 24.3 Å². The monoisotopic (exact) mass is 290 g/mol. The molecule has 1 heterocycles. The molecule has 0 radical (unpaired) electrons. The number of nitrogens with one attached hydrogen (secondary N) is 1. The Labute approximate surface area is 125 Å². The van der Waals surface area contributed by atoms with Crippen molar-refractivity contribution in [3.63, 3.8) is 0 Å². The molecule has 0 spiro atoms. The van der Waals surface area contributed by atoms with Gasteiger partial charge in [0.1, 0.15) is 11.5 Å². The Morgan fingerprint density at radius 1 is 1.33 bits per heavy atom. The molecule has 21 heavy (non-hydrogen) atoms. The number of ketones is 1. The normalized spacial score (nSPS) is 19.0. The molecule has 1 atom stereocenters. The van der Waals surface area contributed by atoms with Crippen LogP contribution >= 0.6 is 0 Å². The van der Waals surface area contributed by atoms with Crippen molar-refractivity contribution >= 4 is 17.4 Å². The topological polar surface area (TPSA) is 58.6 Å². The predicted molar refractivity (Wildman–Crippen MR) is 81.5 cm³/mol. The van der Waals surface area contributed by atoms with Crippen molar-refractivity contribution in [2.24, 2.45) is 0 Å². The fraction of sp³-hybridized carbons (Fsp3) is 0.500. The first-order valence-corrected chi connectivity index (χ1v) is 7.29. The third kappa shape index (κ3) is 4.04. The maximum Gasteiger partial charge on any atom is 0.238 e. The highest BCUT2D eigenvalue weighted by Gasteiger charge is 2.27. The third-order valence-electron chi connectivity index (χ3n) is 3.81. The number of nitrogens with zero attached hydrogens (tertiary/aromatic N) is 1. The number of methoxy groups -OCH3 is 1. The first-order chi connectivity index (χ1) is 10.1. The number of hydrogen-bond donors (Lipinski definition) is 1. The van der Waals surface area contributed by atoms with Gasteiger partial charge in [-0.3, -0.25) is 14.5 Å². The Morgan fingerprint density at radius 3 is 2.81 bits per heavy atom. The zero-order valence-electron chi connectivity index (χ0n) is 12.6. The van der Waals surface area contributed by atoms with Crippen LogP contribution in [0.3, 0.4) is 0 Å². The summed E-state index contributed by atoms with van der Waals surface area (Å²) in [6, 6.07) is 7.18. The number of benzene rings is 1. The molecule has 1 aliphatic rings. The van der Waals surface area contributed by atoms with Gasteiger partial charge in [-0.25, -0.2) is 0 Å². The van der Waals surface area contributed by atoms with Gasteiger partial charge in [-0.1, -0.05) is 18.6 Å². The Balaban J connectivity index is 1.99. The predicted octanol–water partition coefficient (Wildman–Crippen LogP) is 2.08. The van der Waals surface area contributed by atoms with Crippen LogP contribution in [0.1, 0.15) is 26.2 Å². The highest BCUT2D eigenvalue weighted by Crippen LogP contribution is 2.23. The Kier molecular flexibility index (Phi) is 5.33. The van der Waals surface area contributed by atoms with Crippen LogP contribution in [0.5, 0.6) is 5.75 Å². The first-order valence-electron chi connectivity index (χ1n) is 7.29. The number of hydrogen-bond acceptors (Lipinski definition) is 4. The van der Waals surface area contributed by atoms with E-state index in [4.69, 9.17) is 4.74 Å². The maximum atomic E-state index is 12.2. The number of para-hydroxylation sites is 2. The van der Waals surface area contributed by atoms with E-state index in [1.165, 1.54) is 0 Å². The number of amides is 1. The van der Waals surface area contributed by atoms with E-state index >= 15 is 0 Å². The molecule has 0 aromatic heterocycles. The van der Waals surface area contributed by atoms with E-state index in [2.05, 4.69) is 5.32 Å². The molecule has 2 rings (SSSR count). The zero-order chi connectivity index (χ0) is 15.2. The number of anilines is 1. The lowest BCUT2D eigenvalue weighted by molar-refractivity contribution is -0.125. The summed E-state index contributed by atoms with van der Waals surface area (Å²) in [6.45, 7) is 2.63. The van der Waals surface area contributed by atoms with E-state index in [1.54, 1.807) is 26.2 Å². The first kappa shape index (κ1) is 15.5. The molecule has 1 saturated heterocycles. The van der Waals surface area contributed by atoms with Crippen molar-refractivity contribution in [3.8, 4) is 5.75 Å². The summed E-state index contributed by atoms with van der Waals surface area (Å²) >= 11 is 0. The zero-order valence-corrected chi connectivity index (χ0v) is 12.6. The van der Waals surface area contributed by atoms with Crippen LogP contribution in [-0.4, -0.2) is 42.8 Å². The molecule has 0 bridgehead atoms. The average Bonchev–Trinajstić information content (AvgIpc) is 2.48. The number of rotatable bonds is 5. The minimum absolute atomic E-state index is 0.118. The average molecular weight is 290 g/mol. The van der Waals surface area contributed by atoms with Gasteiger partial charge in [0.25, 0.3) is 0 Å². The molecule has 5 nitrogen and oxygen atoms in total. The summed E-state index contributed by atoms with van der Waals surface area (Å²) in [5.74, 6) is 0.653. The van der Waals surface area contributed by atoms with Crippen LogP contribution in [0.2, 0.25) is 0 Å². The number of Topliss-reactive ketones (excluding diaryl/α,β-unsaturated/α-hetero) is 1. The van der Waals surface area contributed by atoms with Gasteiger partial charge in [0.15, 0.2) is 0 Å². The molecule has 1 aromatic rings. The second kappa shape index (κ2) is 7.22. The summed E-state index contributed by atoms with van der Waals surface area (Å²) in [4.78, 5) is 25.8. The van der Waals surface area contributed by atoms with Crippen molar-refractivity contribution < 1.29 is 14.3 Å². The van der Waals surface area contributed by atoms with Gasteiger partial charge in [0.2, 0.25) is 5.91 Å². The molecular formula is C16H22N2O3. The fourth-order valence-electron chi connectivity index (χ4n) is 2.76. The van der Waals surface area contributed by atoms with Crippen molar-refractivity contribution in [1.29, 1.82) is 0 Å². The number of ether oxygens (including phenoxy) is 1. The van der Waals surface area contributed by atoms with E-state index in [-0.39, 0.29) is 24.3 Å². The minimum Gasteiger partial charge on any atom is -0.495 e. The van der Waals surface area contributed by atoms with Crippen molar-refractivity contribution in [2.45, 2.75) is 32.2 Å². The Morgan fingerprint density at radius 2 is 2.10 bits per heavy atom. The largest absolute Gasteiger partial charge is 0.495 e. The van der Waals surface area contributed by atoms with Crippen molar-refractivity contribution in [1.82, 2.24) is 4.90 Å². The Bertz CT molecular complexity index is 516. The van der Waals surface area contributed by atoms with Gasteiger partial charge in [-0.2, -0.15) is 0 Å². The van der Waals surface area contributed by atoms with Gasteiger partial charge < -0.3 is 10.1 Å². The highest BCUT2D eigenvalue weighted by molar-refractivity contribution is 5.94. The lowest BCUT2D eigenvalue weighted by atomic mass is 9.99. The van der Waals surface area contributed by atoms with Gasteiger partial charge in [-0.05, 0) is 38.4 Å². The fourth-order valence-corrected chi connectivity index (χ4v) is 2.76. The second-order valence-corrected chi connectivity index (χ2v) is 5.34. The molecule has 1 aromatic carbocycles. The number of carbonyl (C=O) groups excluding carboxylic acids is 2. The van der Waals surface area contributed by atoms with E-state index in [0.717, 1.165) is 25.8 Å². The molecule has 1 aliphatic heterocycles. The van der Waals surface area contributed by atoms with E-state index in [9.17, 15) is 9.59 Å². The SMILES string of the molecule is COc1ccccc1NC(=O)CN1CCCCC1C(C)=O. The number of carbonyl (C=O) groups is 2. The van der Waals surface area contributed by atoms with Gasteiger partial charge in [0.05, 0.1) is 25.4 Å². The maximum absolute atomic E-state index is 12.2. The summed E-state index contributed by atoms with van der Waals surface area (Å²) in [6.07, 6.45) is 2.93. The molecule has 5 heteroatoms. The number of likely N-dealkylation sites (tertiary alicyclic amines) is 1. The number of piperidine rings is 1. The third-order valence-corrected chi connectivity index (χ3v) is 3.81. The highest BCUT2D eigenvalue weighted by atomic mass is 16.5. The molecule has 1 N–H and O–H groups in total. The van der Waals surface area contributed by atoms with Gasteiger partial charge >= 0.3 is 0 Å². The minimum atomic E-state index is -0.123. The van der Waals surface area contributed by atoms with Crippen molar-refractivity contribution in [2.75, 3.05) is 25.5 Å². The molecule has 1 unspecified atom stereocenters. The van der Waals surface area contributed by atoms with Crippen LogP contribution in [0.25, 0.3) is 0 Å². The lowest BCUT2D eigenvalue weighted by Gasteiger charge is -2.33. The van der Waals surface area contributed by atoms with Crippen LogP contribution in [0.4, 0.5) is 5.69 Å². The molecule has 0 saturated carbocycles. The van der Waals surface area contributed by atoms with E-state index in [1.807, 2.05) is 17.0 Å². The van der Waals surface area contributed by atoms with Crippen LogP contribution in [-0.2, 0) is 9.59 Å². The molecule has 114 valence electrons. The van der Waals surface area contributed by atoms with Gasteiger partial charge in [-0.15, -0.1) is 0 Å². The summed E-state index contributed by atoms with van der Waals surface area (Å²) in [7, 11) is 1.57. The summed E-state index contributed by atoms with van der Waals surface area (Å²) < 4.78 is 5.21. The smallest absolute Gasteiger partial charge is 0.238 e. The molecular weight excluding hydrogens is 268 g/mol. The van der Waals surface area contributed by atoms with Crippen LogP contribution < -0.4 is 10.1 Å². The molecule has 1 fully saturated rings. The molecule has 0 aliphatic carbocycles. The summed E-state index contributed by atoms with van der Waals surface area (Å²) in [5.41, 5.74) is 0.654. The quantitative estimate of drug-likeness (QED) is 0.902. The lowest BCUT2D eigenvalue weighted by Crippen LogP contribution is -2.47. The van der Waals surface area contributed by atoms with E-state index in [0.29, 0.717) is 11.4 Å². The standard InChI is InChI=1S/C16H22N2O3/c1-12(19)14-8-5-6-10-18(14)11-16(20)17-13-7-3-4-9-15(13)21-2/h3-4,7,9,14H,5-6,8,10-11H2,1-2H3,(H,17,20). The van der Waals surface area contributed by atoms with Crippen LogP contribution in [0.15, 0.2) is 24.3 Å². The van der Waals surface area contributed by atoms with Crippen LogP contribution in [0, 0.1) is 0 Å². The second-order valence-electron chi connectivity index (χ2n) is 5.34. The Hall–Kier alpha value is -1.88.